The summed E-state index contributed by atoms with van der Waals surface area (Å²) in [5.74, 6) is 1.81. The van der Waals surface area contributed by atoms with Gasteiger partial charge in [-0.3, -0.25) is 4.98 Å². The summed E-state index contributed by atoms with van der Waals surface area (Å²) in [6, 6.07) is 71.9. The lowest BCUT2D eigenvalue weighted by Crippen LogP contribution is -2.01. The van der Waals surface area contributed by atoms with Crippen LogP contribution in [0.3, 0.4) is 0 Å². The van der Waals surface area contributed by atoms with E-state index in [-0.39, 0.29) is 0 Å². The molecule has 4 heteroatoms. The largest absolute Gasteiger partial charge is 0.255 e. The molecule has 286 valence electrons. The van der Waals surface area contributed by atoms with Crippen LogP contribution in [0.5, 0.6) is 0 Å². The highest BCUT2D eigenvalue weighted by molar-refractivity contribution is 6.37. The molecule has 11 aromatic carbocycles. The van der Waals surface area contributed by atoms with Crippen LogP contribution in [0.25, 0.3) is 132 Å². The minimum absolute atomic E-state index is 0.583. The summed E-state index contributed by atoms with van der Waals surface area (Å²) < 4.78 is 0. The molecule has 2 aromatic heterocycles. The molecule has 0 unspecified atom stereocenters. The Morgan fingerprint density at radius 1 is 0.258 bits per heavy atom. The average Bonchev–Trinajstić information content (AvgIpc) is 3.35. The van der Waals surface area contributed by atoms with Crippen molar-refractivity contribution in [3.63, 3.8) is 0 Å². The molecule has 0 atom stereocenters. The number of benzene rings is 10. The van der Waals surface area contributed by atoms with E-state index >= 15 is 0 Å². The standard InChI is InChI=1S/C58H34N4/c1-2-11-40(12-3-1)56-60-57(44-31-41-13-4-7-22-51(41)59-34-44)62-58(61-56)49-18-6-5-17-45(49)36-25-23-35(24-26-36)43-32-42-30-29-39-15-9-20-47-46-19-8-14-37-27-28-38-16-10-21-48(54(38)52(37)46)50(33-43)55(42)53(39)47/h1-34H. The molecule has 4 nitrogen and oxygen atoms in total. The van der Waals surface area contributed by atoms with Crippen LogP contribution in [0, 0.1) is 0 Å². The highest BCUT2D eigenvalue weighted by Gasteiger charge is 2.19. The average molecular weight is 787 g/mol. The van der Waals surface area contributed by atoms with Gasteiger partial charge in [0.15, 0.2) is 17.5 Å². The summed E-state index contributed by atoms with van der Waals surface area (Å²) in [6.07, 6.45) is 1.85. The lowest BCUT2D eigenvalue weighted by atomic mass is 9.86. The summed E-state index contributed by atoms with van der Waals surface area (Å²) >= 11 is 0. The Balaban J connectivity index is 0.977. The van der Waals surface area contributed by atoms with Gasteiger partial charge in [0.25, 0.3) is 0 Å². The van der Waals surface area contributed by atoms with E-state index in [0.717, 1.165) is 44.3 Å². The Labute approximate surface area is 356 Å². The molecule has 0 saturated carbocycles. The van der Waals surface area contributed by atoms with Gasteiger partial charge in [0.2, 0.25) is 0 Å². The van der Waals surface area contributed by atoms with Crippen molar-refractivity contribution >= 4 is 75.5 Å². The molecule has 2 heterocycles. The van der Waals surface area contributed by atoms with Crippen LogP contribution >= 0.6 is 0 Å². The van der Waals surface area contributed by atoms with E-state index in [2.05, 4.69) is 152 Å². The SMILES string of the molecule is c1ccc(-c2nc(-c3cnc4ccccc4c3)nc(-c3ccccc3-c3ccc(-c4cc5ccc6cccc7c8cccc9ccc%10cccc(c(c4)c5c67)c%10c98)cc3)n2)cc1. The van der Waals surface area contributed by atoms with Gasteiger partial charge in [-0.1, -0.05) is 176 Å². The molecule has 0 spiro atoms. The van der Waals surface area contributed by atoms with Gasteiger partial charge in [0, 0.05) is 28.3 Å². The van der Waals surface area contributed by atoms with E-state index in [9.17, 15) is 0 Å². The molecular formula is C58H34N4. The first kappa shape index (κ1) is 34.5. The zero-order chi connectivity index (χ0) is 40.7. The smallest absolute Gasteiger partial charge is 0.165 e. The number of aromatic nitrogens is 4. The second-order valence-electron chi connectivity index (χ2n) is 16.2. The van der Waals surface area contributed by atoms with Crippen molar-refractivity contribution in [1.29, 1.82) is 0 Å². The van der Waals surface area contributed by atoms with Crippen molar-refractivity contribution in [2.45, 2.75) is 0 Å². The summed E-state index contributed by atoms with van der Waals surface area (Å²) in [7, 11) is 0. The molecule has 0 aliphatic rings. The van der Waals surface area contributed by atoms with Crippen molar-refractivity contribution in [3.8, 4) is 56.4 Å². The molecule has 0 amide bonds. The van der Waals surface area contributed by atoms with E-state index in [1.54, 1.807) is 0 Å². The molecule has 0 N–H and O–H groups in total. The van der Waals surface area contributed by atoms with Gasteiger partial charge in [0.05, 0.1) is 5.52 Å². The molecule has 0 radical (unpaired) electrons. The second-order valence-corrected chi connectivity index (χ2v) is 16.2. The molecule has 0 bridgehead atoms. The number of nitrogens with zero attached hydrogens (tertiary/aromatic N) is 4. The van der Waals surface area contributed by atoms with Crippen LogP contribution in [-0.4, -0.2) is 19.9 Å². The number of para-hydroxylation sites is 1. The maximum Gasteiger partial charge on any atom is 0.165 e. The van der Waals surface area contributed by atoms with Gasteiger partial charge in [-0.15, -0.1) is 0 Å². The summed E-state index contributed by atoms with van der Waals surface area (Å²) in [5, 5.41) is 16.4. The van der Waals surface area contributed by atoms with Crippen molar-refractivity contribution in [1.82, 2.24) is 19.9 Å². The Bertz CT molecular complexity index is 3910. The number of hydrogen-bond acceptors (Lipinski definition) is 4. The van der Waals surface area contributed by atoms with Gasteiger partial charge < -0.3 is 0 Å². The zero-order valence-corrected chi connectivity index (χ0v) is 33.4. The van der Waals surface area contributed by atoms with Crippen molar-refractivity contribution in [3.05, 3.63) is 206 Å². The summed E-state index contributed by atoms with van der Waals surface area (Å²) in [4.78, 5) is 20.0. The van der Waals surface area contributed by atoms with E-state index < -0.39 is 0 Å². The van der Waals surface area contributed by atoms with Gasteiger partial charge in [-0.25, -0.2) is 15.0 Å². The normalized spacial score (nSPS) is 11.9. The van der Waals surface area contributed by atoms with Crippen LogP contribution in [-0.2, 0) is 0 Å². The third-order valence-corrected chi connectivity index (χ3v) is 12.6. The van der Waals surface area contributed by atoms with Gasteiger partial charge in [0.1, 0.15) is 0 Å². The van der Waals surface area contributed by atoms with Crippen LogP contribution < -0.4 is 0 Å². The summed E-state index contributed by atoms with van der Waals surface area (Å²) in [6.45, 7) is 0. The number of hydrogen-bond donors (Lipinski definition) is 0. The predicted octanol–water partition coefficient (Wildman–Crippen LogP) is 15.1. The Morgan fingerprint density at radius 3 is 1.45 bits per heavy atom. The first-order chi connectivity index (χ1) is 30.7. The highest BCUT2D eigenvalue weighted by atomic mass is 15.0. The van der Waals surface area contributed by atoms with Crippen molar-refractivity contribution < 1.29 is 0 Å². The van der Waals surface area contributed by atoms with Crippen molar-refractivity contribution in [2.75, 3.05) is 0 Å². The van der Waals surface area contributed by atoms with Gasteiger partial charge in [-0.2, -0.15) is 0 Å². The molecule has 62 heavy (non-hydrogen) atoms. The molecular weight excluding hydrogens is 753 g/mol. The van der Waals surface area contributed by atoms with E-state index in [0.29, 0.717) is 17.5 Å². The monoisotopic (exact) mass is 786 g/mol. The Morgan fingerprint density at radius 2 is 0.758 bits per heavy atom. The third kappa shape index (κ3) is 5.40. The first-order valence-corrected chi connectivity index (χ1v) is 21.0. The third-order valence-electron chi connectivity index (χ3n) is 12.6. The van der Waals surface area contributed by atoms with Crippen molar-refractivity contribution in [2.24, 2.45) is 0 Å². The molecule has 0 aliphatic carbocycles. The molecule has 13 rings (SSSR count). The van der Waals surface area contributed by atoms with E-state index in [4.69, 9.17) is 19.9 Å². The van der Waals surface area contributed by atoms with Crippen LogP contribution in [0.1, 0.15) is 0 Å². The quantitative estimate of drug-likeness (QED) is 0.163. The fraction of sp³-hybridized carbons (Fsp3) is 0. The molecule has 0 aliphatic heterocycles. The van der Waals surface area contributed by atoms with E-state index in [1.165, 1.54) is 70.2 Å². The van der Waals surface area contributed by atoms with Gasteiger partial charge >= 0.3 is 0 Å². The maximum absolute atomic E-state index is 5.13. The lowest BCUT2D eigenvalue weighted by Gasteiger charge is -2.17. The lowest BCUT2D eigenvalue weighted by molar-refractivity contribution is 1.07. The molecule has 0 fully saturated rings. The van der Waals surface area contributed by atoms with Crippen LogP contribution in [0.15, 0.2) is 206 Å². The van der Waals surface area contributed by atoms with Crippen LogP contribution in [0.4, 0.5) is 0 Å². The fourth-order valence-corrected chi connectivity index (χ4v) is 9.76. The topological polar surface area (TPSA) is 51.6 Å². The van der Waals surface area contributed by atoms with E-state index in [1.807, 2.05) is 54.7 Å². The minimum Gasteiger partial charge on any atom is -0.255 e. The first-order valence-electron chi connectivity index (χ1n) is 21.0. The highest BCUT2D eigenvalue weighted by Crippen LogP contribution is 2.45. The minimum atomic E-state index is 0.583. The predicted molar refractivity (Wildman–Crippen MR) is 259 cm³/mol. The number of pyridine rings is 1. The summed E-state index contributed by atoms with van der Waals surface area (Å²) in [5.41, 5.74) is 8.10. The Hall–Kier alpha value is -8.34. The molecule has 0 saturated heterocycles. The van der Waals surface area contributed by atoms with Crippen LogP contribution in [0.2, 0.25) is 0 Å². The fourth-order valence-electron chi connectivity index (χ4n) is 9.76. The molecule has 13 aromatic rings. The maximum atomic E-state index is 5.13. The zero-order valence-electron chi connectivity index (χ0n) is 33.4. The second kappa shape index (κ2) is 13.6. The number of rotatable bonds is 5. The Kier molecular flexibility index (Phi) is 7.57. The van der Waals surface area contributed by atoms with Gasteiger partial charge in [-0.05, 0) is 111 Å². The number of fused-ring (bicyclic) bond motifs is 3.